The fourth-order valence-corrected chi connectivity index (χ4v) is 3.61. The summed E-state index contributed by atoms with van der Waals surface area (Å²) in [7, 11) is 0. The van der Waals surface area contributed by atoms with Crippen molar-refractivity contribution in [3.8, 4) is 0 Å². The van der Waals surface area contributed by atoms with Gasteiger partial charge < -0.3 is 20.0 Å². The standard InChI is InChI=1S/C17H29F3N4O2.ClH/c1-2-23(13-17(18,19)20)16(26)14-4-3-8-22(12-14)9-5-15(25)24-10-6-21-7-11-24;/h14,21H,2-13H2,1H3;1H. The quantitative estimate of drug-likeness (QED) is 0.713. The first kappa shape index (κ1) is 24.0. The maximum atomic E-state index is 12.6. The van der Waals surface area contributed by atoms with E-state index in [4.69, 9.17) is 0 Å². The van der Waals surface area contributed by atoms with Crippen LogP contribution in [0.25, 0.3) is 0 Å². The van der Waals surface area contributed by atoms with Gasteiger partial charge in [-0.15, -0.1) is 12.4 Å². The zero-order chi connectivity index (χ0) is 19.2. The van der Waals surface area contributed by atoms with E-state index in [1.165, 1.54) is 0 Å². The van der Waals surface area contributed by atoms with Crippen LogP contribution in [-0.2, 0) is 9.59 Å². The summed E-state index contributed by atoms with van der Waals surface area (Å²) in [5, 5.41) is 3.20. The number of hydrogen-bond donors (Lipinski definition) is 1. The number of amides is 2. The van der Waals surface area contributed by atoms with Crippen molar-refractivity contribution in [1.82, 2.24) is 20.0 Å². The Morgan fingerprint density at radius 2 is 1.85 bits per heavy atom. The van der Waals surface area contributed by atoms with Gasteiger partial charge in [0.15, 0.2) is 0 Å². The second-order valence-corrected chi connectivity index (χ2v) is 6.99. The Bertz CT molecular complexity index is 487. The third-order valence-electron chi connectivity index (χ3n) is 5.03. The van der Waals surface area contributed by atoms with Crippen LogP contribution in [0.1, 0.15) is 26.2 Å². The number of nitrogens with one attached hydrogen (secondary N) is 1. The first-order valence-corrected chi connectivity index (χ1v) is 9.36. The van der Waals surface area contributed by atoms with Crippen molar-refractivity contribution >= 4 is 24.2 Å². The van der Waals surface area contributed by atoms with Crippen molar-refractivity contribution in [1.29, 1.82) is 0 Å². The highest BCUT2D eigenvalue weighted by molar-refractivity contribution is 5.85. The molecule has 2 amide bonds. The van der Waals surface area contributed by atoms with Crippen molar-refractivity contribution in [3.05, 3.63) is 0 Å². The number of likely N-dealkylation sites (tertiary alicyclic amines) is 1. The molecule has 6 nitrogen and oxygen atoms in total. The molecule has 0 radical (unpaired) electrons. The normalized spacial score (nSPS) is 21.5. The Labute approximate surface area is 164 Å². The maximum Gasteiger partial charge on any atom is 0.406 e. The molecular weight excluding hydrogens is 385 g/mol. The van der Waals surface area contributed by atoms with E-state index < -0.39 is 24.5 Å². The molecule has 2 saturated heterocycles. The number of nitrogens with zero attached hydrogens (tertiary/aromatic N) is 3. The lowest BCUT2D eigenvalue weighted by atomic mass is 9.96. The molecule has 0 aromatic rings. The second kappa shape index (κ2) is 11.1. The summed E-state index contributed by atoms with van der Waals surface area (Å²) >= 11 is 0. The molecule has 0 aromatic carbocycles. The second-order valence-electron chi connectivity index (χ2n) is 6.99. The summed E-state index contributed by atoms with van der Waals surface area (Å²) < 4.78 is 37.9. The van der Waals surface area contributed by atoms with Crippen LogP contribution >= 0.6 is 12.4 Å². The molecule has 27 heavy (non-hydrogen) atoms. The van der Waals surface area contributed by atoms with Crippen molar-refractivity contribution in [2.45, 2.75) is 32.4 Å². The van der Waals surface area contributed by atoms with E-state index in [0.29, 0.717) is 39.0 Å². The smallest absolute Gasteiger partial charge is 0.340 e. The average Bonchev–Trinajstić information content (AvgIpc) is 2.63. The van der Waals surface area contributed by atoms with Crippen molar-refractivity contribution in [2.75, 3.05) is 58.9 Å². The lowest BCUT2D eigenvalue weighted by Gasteiger charge is -2.35. The van der Waals surface area contributed by atoms with Crippen molar-refractivity contribution in [2.24, 2.45) is 5.92 Å². The summed E-state index contributed by atoms with van der Waals surface area (Å²) in [6, 6.07) is 0. The summed E-state index contributed by atoms with van der Waals surface area (Å²) in [4.78, 5) is 29.5. The van der Waals surface area contributed by atoms with Gasteiger partial charge in [-0.25, -0.2) is 0 Å². The Hall–Kier alpha value is -1.06. The summed E-state index contributed by atoms with van der Waals surface area (Å²) in [6.07, 6.45) is -2.62. The first-order valence-electron chi connectivity index (χ1n) is 9.36. The Morgan fingerprint density at radius 3 is 2.44 bits per heavy atom. The Kier molecular flexibility index (Phi) is 9.83. The molecule has 2 rings (SSSR count). The predicted octanol–water partition coefficient (Wildman–Crippen LogP) is 1.35. The predicted molar refractivity (Wildman–Crippen MR) is 98.8 cm³/mol. The molecule has 2 aliphatic rings. The molecular formula is C17H30ClF3N4O2. The van der Waals surface area contributed by atoms with Crippen LogP contribution in [0.2, 0.25) is 0 Å². The van der Waals surface area contributed by atoms with Gasteiger partial charge in [0.1, 0.15) is 6.54 Å². The van der Waals surface area contributed by atoms with Crippen molar-refractivity contribution < 1.29 is 22.8 Å². The molecule has 1 atom stereocenters. The van der Waals surface area contributed by atoms with Gasteiger partial charge in [-0.3, -0.25) is 9.59 Å². The molecule has 1 unspecified atom stereocenters. The molecule has 0 saturated carbocycles. The van der Waals surface area contributed by atoms with Gasteiger partial charge in [0, 0.05) is 52.2 Å². The molecule has 1 N–H and O–H groups in total. The van der Waals surface area contributed by atoms with Gasteiger partial charge in [0.25, 0.3) is 0 Å². The molecule has 10 heteroatoms. The Balaban J connectivity index is 0.00000364. The maximum absolute atomic E-state index is 12.6. The zero-order valence-electron chi connectivity index (χ0n) is 15.8. The first-order chi connectivity index (χ1) is 12.3. The average molecular weight is 415 g/mol. The van der Waals surface area contributed by atoms with E-state index in [1.807, 2.05) is 9.80 Å². The zero-order valence-corrected chi connectivity index (χ0v) is 16.6. The van der Waals surface area contributed by atoms with E-state index in [9.17, 15) is 22.8 Å². The van der Waals surface area contributed by atoms with Gasteiger partial charge in [0.2, 0.25) is 11.8 Å². The number of alkyl halides is 3. The van der Waals surface area contributed by atoms with Gasteiger partial charge in [0.05, 0.1) is 5.92 Å². The largest absolute Gasteiger partial charge is 0.406 e. The number of halogens is 4. The fraction of sp³-hybridized carbons (Fsp3) is 0.882. The summed E-state index contributed by atoms with van der Waals surface area (Å²) in [5.41, 5.74) is 0. The number of carbonyl (C=O) groups excluding carboxylic acids is 2. The minimum atomic E-state index is -4.38. The number of piperidine rings is 1. The van der Waals surface area contributed by atoms with Gasteiger partial charge in [-0.1, -0.05) is 0 Å². The molecule has 2 aliphatic heterocycles. The van der Waals surface area contributed by atoms with E-state index in [0.717, 1.165) is 31.0 Å². The third kappa shape index (κ3) is 7.83. The highest BCUT2D eigenvalue weighted by Crippen LogP contribution is 2.22. The van der Waals surface area contributed by atoms with Crippen LogP contribution < -0.4 is 5.32 Å². The van der Waals surface area contributed by atoms with E-state index in [1.54, 1.807) is 6.92 Å². The minimum Gasteiger partial charge on any atom is -0.340 e. The highest BCUT2D eigenvalue weighted by Gasteiger charge is 2.36. The minimum absolute atomic E-state index is 0. The number of hydrogen-bond acceptors (Lipinski definition) is 4. The van der Waals surface area contributed by atoms with Gasteiger partial charge in [-0.2, -0.15) is 13.2 Å². The van der Waals surface area contributed by atoms with E-state index in [2.05, 4.69) is 5.32 Å². The summed E-state index contributed by atoms with van der Waals surface area (Å²) in [5.74, 6) is -0.740. The SMILES string of the molecule is CCN(CC(F)(F)F)C(=O)C1CCCN(CCC(=O)N2CCNCC2)C1.Cl. The topological polar surface area (TPSA) is 55.9 Å². The molecule has 0 aliphatic carbocycles. The van der Waals surface area contributed by atoms with E-state index in [-0.39, 0.29) is 24.9 Å². The third-order valence-corrected chi connectivity index (χ3v) is 5.03. The van der Waals surface area contributed by atoms with Crippen LogP contribution in [-0.4, -0.2) is 91.6 Å². The number of carbonyl (C=O) groups is 2. The molecule has 158 valence electrons. The van der Waals surface area contributed by atoms with Crippen LogP contribution in [0.3, 0.4) is 0 Å². The molecule has 0 spiro atoms. The van der Waals surface area contributed by atoms with E-state index >= 15 is 0 Å². The van der Waals surface area contributed by atoms with Gasteiger partial charge >= 0.3 is 6.18 Å². The highest BCUT2D eigenvalue weighted by atomic mass is 35.5. The van der Waals surface area contributed by atoms with Crippen LogP contribution in [0.5, 0.6) is 0 Å². The number of rotatable bonds is 6. The molecule has 0 aromatic heterocycles. The lowest BCUT2D eigenvalue weighted by molar-refractivity contribution is -0.164. The van der Waals surface area contributed by atoms with Crippen LogP contribution in [0.4, 0.5) is 13.2 Å². The van der Waals surface area contributed by atoms with Crippen LogP contribution in [0, 0.1) is 5.92 Å². The van der Waals surface area contributed by atoms with Crippen molar-refractivity contribution in [3.63, 3.8) is 0 Å². The number of piperazine rings is 1. The summed E-state index contributed by atoms with van der Waals surface area (Å²) in [6.45, 7) is 5.22. The van der Waals surface area contributed by atoms with Crippen LogP contribution in [0.15, 0.2) is 0 Å². The monoisotopic (exact) mass is 414 g/mol. The fourth-order valence-electron chi connectivity index (χ4n) is 3.61. The molecule has 2 heterocycles. The molecule has 0 bridgehead atoms. The molecule has 2 fully saturated rings. The van der Waals surface area contributed by atoms with Gasteiger partial charge in [-0.05, 0) is 26.3 Å². The lowest BCUT2D eigenvalue weighted by Crippen LogP contribution is -2.49. The Morgan fingerprint density at radius 1 is 1.19 bits per heavy atom.